The third-order valence-electron chi connectivity index (χ3n) is 3.62. The average molecular weight is 265 g/mol. The topological polar surface area (TPSA) is 89.8 Å². The van der Waals surface area contributed by atoms with Crippen LogP contribution in [0.3, 0.4) is 0 Å². The van der Waals surface area contributed by atoms with E-state index in [1.165, 1.54) is 12.1 Å². The number of rotatable bonds is 3. The minimum Gasteiger partial charge on any atom is -0.508 e. The fourth-order valence-electron chi connectivity index (χ4n) is 2.46. The number of aromatic hydroxyl groups is 2. The van der Waals surface area contributed by atoms with Crippen molar-refractivity contribution < 1.29 is 20.1 Å². The smallest absolute Gasteiger partial charge is 0.255 e. The van der Waals surface area contributed by atoms with Crippen molar-refractivity contribution in [3.8, 4) is 11.5 Å². The summed E-state index contributed by atoms with van der Waals surface area (Å²) in [4.78, 5) is 11.9. The molecule has 1 saturated carbocycles. The zero-order valence-electron chi connectivity index (χ0n) is 10.7. The first-order chi connectivity index (χ1) is 9.08. The molecule has 19 heavy (non-hydrogen) atoms. The van der Waals surface area contributed by atoms with Gasteiger partial charge in [-0.1, -0.05) is 12.8 Å². The largest absolute Gasteiger partial charge is 0.508 e. The van der Waals surface area contributed by atoms with Crippen molar-refractivity contribution in [3.63, 3.8) is 0 Å². The molecule has 104 valence electrons. The second-order valence-corrected chi connectivity index (χ2v) is 5.02. The summed E-state index contributed by atoms with van der Waals surface area (Å²) in [5.41, 5.74) is 0.128. The van der Waals surface area contributed by atoms with E-state index in [0.29, 0.717) is 6.54 Å². The first-order valence-electron chi connectivity index (χ1n) is 6.56. The Morgan fingerprint density at radius 1 is 1.26 bits per heavy atom. The van der Waals surface area contributed by atoms with Gasteiger partial charge in [-0.05, 0) is 25.0 Å². The highest BCUT2D eigenvalue weighted by Crippen LogP contribution is 2.25. The summed E-state index contributed by atoms with van der Waals surface area (Å²) in [6.07, 6.45) is 3.43. The van der Waals surface area contributed by atoms with E-state index in [1.807, 2.05) is 0 Å². The van der Waals surface area contributed by atoms with Gasteiger partial charge in [-0.15, -0.1) is 0 Å². The maximum atomic E-state index is 11.9. The molecule has 1 aromatic rings. The lowest BCUT2D eigenvalue weighted by molar-refractivity contribution is 0.0662. The van der Waals surface area contributed by atoms with Crippen molar-refractivity contribution in [1.82, 2.24) is 5.32 Å². The summed E-state index contributed by atoms with van der Waals surface area (Å²) < 4.78 is 0. The van der Waals surface area contributed by atoms with Gasteiger partial charge in [0.25, 0.3) is 5.91 Å². The lowest BCUT2D eigenvalue weighted by atomic mass is 9.86. The molecule has 1 fully saturated rings. The van der Waals surface area contributed by atoms with Crippen molar-refractivity contribution >= 4 is 5.91 Å². The second-order valence-electron chi connectivity index (χ2n) is 5.02. The van der Waals surface area contributed by atoms with Gasteiger partial charge in [-0.2, -0.15) is 0 Å². The number of carbonyl (C=O) groups is 1. The summed E-state index contributed by atoms with van der Waals surface area (Å²) in [5, 5.41) is 31.3. The molecule has 4 N–H and O–H groups in total. The van der Waals surface area contributed by atoms with E-state index in [0.717, 1.165) is 31.7 Å². The molecule has 2 atom stereocenters. The fraction of sp³-hybridized carbons (Fsp3) is 0.500. The van der Waals surface area contributed by atoms with E-state index in [9.17, 15) is 15.0 Å². The molecule has 5 nitrogen and oxygen atoms in total. The minimum atomic E-state index is -0.393. The fourth-order valence-corrected chi connectivity index (χ4v) is 2.46. The number of nitrogens with one attached hydrogen (secondary N) is 1. The Morgan fingerprint density at radius 3 is 2.68 bits per heavy atom. The van der Waals surface area contributed by atoms with Crippen LogP contribution >= 0.6 is 0 Å². The zero-order chi connectivity index (χ0) is 13.8. The molecule has 1 amide bonds. The molecular weight excluding hydrogens is 246 g/mol. The standard InChI is InChI=1S/C14H19NO4/c16-10-5-6-11(13(18)7-10)14(19)15-8-9-3-1-2-4-12(9)17/h5-7,9,12,16-18H,1-4,8H2,(H,15,19). The van der Waals surface area contributed by atoms with Gasteiger partial charge in [0.1, 0.15) is 11.5 Å². The molecule has 1 aliphatic carbocycles. The number of aliphatic hydroxyl groups excluding tert-OH is 1. The lowest BCUT2D eigenvalue weighted by Gasteiger charge is -2.27. The Hall–Kier alpha value is -1.75. The normalized spacial score (nSPS) is 23.0. The van der Waals surface area contributed by atoms with Crippen LogP contribution in [0.25, 0.3) is 0 Å². The predicted molar refractivity (Wildman–Crippen MR) is 70.1 cm³/mol. The summed E-state index contributed by atoms with van der Waals surface area (Å²) in [5.74, 6) is -0.648. The summed E-state index contributed by atoms with van der Waals surface area (Å²) >= 11 is 0. The van der Waals surface area contributed by atoms with Gasteiger partial charge in [0, 0.05) is 18.5 Å². The van der Waals surface area contributed by atoms with Gasteiger partial charge in [-0.3, -0.25) is 4.79 Å². The summed E-state index contributed by atoms with van der Waals surface area (Å²) in [6, 6.07) is 3.85. The number of hydrogen-bond donors (Lipinski definition) is 4. The third-order valence-corrected chi connectivity index (χ3v) is 3.62. The van der Waals surface area contributed by atoms with Crippen LogP contribution in [-0.2, 0) is 0 Å². The lowest BCUT2D eigenvalue weighted by Crippen LogP contribution is -2.36. The molecule has 0 aliphatic heterocycles. The van der Waals surface area contributed by atoms with Crippen molar-refractivity contribution in [2.24, 2.45) is 5.92 Å². The molecule has 0 radical (unpaired) electrons. The Kier molecular flexibility index (Phi) is 4.27. The molecule has 0 spiro atoms. The Morgan fingerprint density at radius 2 is 2.00 bits per heavy atom. The van der Waals surface area contributed by atoms with Crippen LogP contribution in [0.4, 0.5) is 0 Å². The van der Waals surface area contributed by atoms with Crippen molar-refractivity contribution in [2.75, 3.05) is 6.54 Å². The van der Waals surface area contributed by atoms with Crippen molar-refractivity contribution in [3.05, 3.63) is 23.8 Å². The first kappa shape index (κ1) is 13.7. The number of aliphatic hydroxyl groups is 1. The number of hydrogen-bond acceptors (Lipinski definition) is 4. The molecular formula is C14H19NO4. The minimum absolute atomic E-state index is 0.0805. The highest BCUT2D eigenvalue weighted by molar-refractivity contribution is 5.96. The number of phenols is 2. The van der Waals surface area contributed by atoms with Crippen LogP contribution < -0.4 is 5.32 Å². The van der Waals surface area contributed by atoms with E-state index < -0.39 is 5.91 Å². The molecule has 1 aromatic carbocycles. The van der Waals surface area contributed by atoms with Gasteiger partial charge >= 0.3 is 0 Å². The molecule has 0 heterocycles. The maximum absolute atomic E-state index is 11.9. The van der Waals surface area contributed by atoms with Gasteiger partial charge in [0.15, 0.2) is 0 Å². The Balaban J connectivity index is 1.93. The molecule has 5 heteroatoms. The van der Waals surface area contributed by atoms with Crippen molar-refractivity contribution in [2.45, 2.75) is 31.8 Å². The van der Waals surface area contributed by atoms with E-state index in [1.54, 1.807) is 0 Å². The highest BCUT2D eigenvalue weighted by atomic mass is 16.3. The average Bonchev–Trinajstić information content (AvgIpc) is 2.37. The van der Waals surface area contributed by atoms with Crippen LogP contribution in [0.2, 0.25) is 0 Å². The van der Waals surface area contributed by atoms with Crippen LogP contribution in [0.15, 0.2) is 18.2 Å². The third kappa shape index (κ3) is 3.38. The van der Waals surface area contributed by atoms with Gasteiger partial charge in [0.2, 0.25) is 0 Å². The molecule has 2 unspecified atom stereocenters. The quantitative estimate of drug-likeness (QED) is 0.664. The van der Waals surface area contributed by atoms with E-state index in [-0.39, 0.29) is 29.1 Å². The number of phenolic OH excluding ortho intramolecular Hbond substituents is 2. The molecule has 0 aromatic heterocycles. The number of benzene rings is 1. The van der Waals surface area contributed by atoms with E-state index >= 15 is 0 Å². The SMILES string of the molecule is O=C(NCC1CCCCC1O)c1ccc(O)cc1O. The van der Waals surface area contributed by atoms with Gasteiger partial charge in [-0.25, -0.2) is 0 Å². The van der Waals surface area contributed by atoms with Crippen LogP contribution in [0.1, 0.15) is 36.0 Å². The molecule has 0 saturated heterocycles. The van der Waals surface area contributed by atoms with Crippen LogP contribution in [-0.4, -0.2) is 33.9 Å². The van der Waals surface area contributed by atoms with Crippen molar-refractivity contribution in [1.29, 1.82) is 0 Å². The summed E-state index contributed by atoms with van der Waals surface area (Å²) in [6.45, 7) is 0.403. The van der Waals surface area contributed by atoms with Crippen LogP contribution in [0, 0.1) is 5.92 Å². The summed E-state index contributed by atoms with van der Waals surface area (Å²) in [7, 11) is 0. The van der Waals surface area contributed by atoms with Gasteiger partial charge in [0.05, 0.1) is 11.7 Å². The molecule has 0 bridgehead atoms. The van der Waals surface area contributed by atoms with E-state index in [4.69, 9.17) is 5.11 Å². The predicted octanol–water partition coefficient (Wildman–Crippen LogP) is 1.38. The Labute approximate surface area is 111 Å². The van der Waals surface area contributed by atoms with Gasteiger partial charge < -0.3 is 20.6 Å². The molecule has 1 aliphatic rings. The number of carbonyl (C=O) groups excluding carboxylic acids is 1. The highest BCUT2D eigenvalue weighted by Gasteiger charge is 2.23. The number of amides is 1. The monoisotopic (exact) mass is 265 g/mol. The zero-order valence-corrected chi connectivity index (χ0v) is 10.7. The maximum Gasteiger partial charge on any atom is 0.255 e. The first-order valence-corrected chi connectivity index (χ1v) is 6.56. The molecule has 2 rings (SSSR count). The Bertz CT molecular complexity index is 461. The van der Waals surface area contributed by atoms with Crippen LogP contribution in [0.5, 0.6) is 11.5 Å². The van der Waals surface area contributed by atoms with E-state index in [2.05, 4.69) is 5.32 Å². The second kappa shape index (κ2) is 5.93.